The Bertz CT molecular complexity index is 758. The van der Waals surface area contributed by atoms with Crippen LogP contribution in [0.5, 0.6) is 5.75 Å². The monoisotopic (exact) mass is 385 g/mol. The summed E-state index contributed by atoms with van der Waals surface area (Å²) in [4.78, 5) is 24.1. The minimum atomic E-state index is -0.459. The highest BCUT2D eigenvalue weighted by molar-refractivity contribution is 5.95. The number of anilines is 1. The topological polar surface area (TPSA) is 73.9 Å². The van der Waals surface area contributed by atoms with Crippen molar-refractivity contribution in [2.45, 2.75) is 26.7 Å². The van der Waals surface area contributed by atoms with Crippen LogP contribution in [0.3, 0.4) is 0 Å². The van der Waals surface area contributed by atoms with Gasteiger partial charge in [-0.25, -0.2) is 4.79 Å². The van der Waals surface area contributed by atoms with Crippen LogP contribution in [-0.4, -0.2) is 38.3 Å². The van der Waals surface area contributed by atoms with Crippen LogP contribution in [0.15, 0.2) is 48.5 Å². The Kier molecular flexibility index (Phi) is 9.01. The summed E-state index contributed by atoms with van der Waals surface area (Å²) in [5.41, 5.74) is 2.11. The molecule has 2 rings (SSSR count). The highest BCUT2D eigenvalue weighted by Gasteiger charge is 2.10. The second kappa shape index (κ2) is 11.8. The van der Waals surface area contributed by atoms with Crippen LogP contribution in [0, 0.1) is 0 Å². The normalized spacial score (nSPS) is 10.4. The smallest absolute Gasteiger partial charge is 0.338 e. The Hall–Kier alpha value is -2.86. The molecule has 2 aromatic rings. The van der Waals surface area contributed by atoms with Gasteiger partial charge in [-0.3, -0.25) is 4.79 Å². The van der Waals surface area contributed by atoms with E-state index >= 15 is 0 Å². The molecule has 0 aliphatic heterocycles. The van der Waals surface area contributed by atoms with Gasteiger partial charge in [-0.1, -0.05) is 31.5 Å². The number of benzene rings is 2. The van der Waals surface area contributed by atoms with Crippen molar-refractivity contribution in [1.82, 2.24) is 0 Å². The largest absolute Gasteiger partial charge is 0.484 e. The molecule has 2 aromatic carbocycles. The quantitative estimate of drug-likeness (QED) is 0.470. The maximum absolute atomic E-state index is 12.1. The molecule has 0 spiro atoms. The van der Waals surface area contributed by atoms with E-state index in [4.69, 9.17) is 14.2 Å². The third kappa shape index (κ3) is 7.40. The van der Waals surface area contributed by atoms with Crippen molar-refractivity contribution in [2.24, 2.45) is 0 Å². The summed E-state index contributed by atoms with van der Waals surface area (Å²) >= 11 is 0. The van der Waals surface area contributed by atoms with Crippen molar-refractivity contribution in [1.29, 1.82) is 0 Å². The third-order valence-corrected chi connectivity index (χ3v) is 3.88. The maximum Gasteiger partial charge on any atom is 0.338 e. The Balaban J connectivity index is 1.82. The highest BCUT2D eigenvalue weighted by atomic mass is 16.6. The molecule has 6 heteroatoms. The Morgan fingerprint density at radius 2 is 1.79 bits per heavy atom. The average Bonchev–Trinajstić information content (AvgIpc) is 2.71. The van der Waals surface area contributed by atoms with Crippen molar-refractivity contribution in [3.8, 4) is 5.75 Å². The summed E-state index contributed by atoms with van der Waals surface area (Å²) in [5, 5.41) is 2.72. The lowest BCUT2D eigenvalue weighted by molar-refractivity contribution is -0.118. The molecule has 0 saturated heterocycles. The van der Waals surface area contributed by atoms with Gasteiger partial charge in [0.15, 0.2) is 6.61 Å². The molecule has 28 heavy (non-hydrogen) atoms. The number of rotatable bonds is 11. The molecule has 6 nitrogen and oxygen atoms in total. The zero-order valence-electron chi connectivity index (χ0n) is 16.4. The third-order valence-electron chi connectivity index (χ3n) is 3.88. The number of carbonyl (C=O) groups is 2. The minimum Gasteiger partial charge on any atom is -0.484 e. The lowest BCUT2D eigenvalue weighted by Crippen LogP contribution is -2.20. The fourth-order valence-electron chi connectivity index (χ4n) is 2.53. The molecule has 150 valence electrons. The molecule has 1 N–H and O–H groups in total. The van der Waals surface area contributed by atoms with Crippen molar-refractivity contribution in [3.63, 3.8) is 0 Å². The lowest BCUT2D eigenvalue weighted by Gasteiger charge is -2.09. The number of ether oxygens (including phenoxy) is 3. The van der Waals surface area contributed by atoms with E-state index in [1.54, 1.807) is 24.3 Å². The number of nitrogens with one attached hydrogen (secondary N) is 1. The molecule has 1 amide bonds. The molecule has 0 bridgehead atoms. The minimum absolute atomic E-state index is 0.115. The molecule has 0 aliphatic carbocycles. The number of aryl methyl sites for hydroxylation is 1. The van der Waals surface area contributed by atoms with Crippen LogP contribution in [-0.2, 0) is 20.7 Å². The summed E-state index contributed by atoms with van der Waals surface area (Å²) in [7, 11) is 0. The van der Waals surface area contributed by atoms with E-state index in [1.165, 1.54) is 5.56 Å². The van der Waals surface area contributed by atoms with Gasteiger partial charge in [0, 0.05) is 12.3 Å². The van der Waals surface area contributed by atoms with Crippen molar-refractivity contribution in [3.05, 3.63) is 59.7 Å². The average molecular weight is 385 g/mol. The molecule has 0 aromatic heterocycles. The first-order valence-corrected chi connectivity index (χ1v) is 9.49. The SMILES string of the molecule is CCCc1ccc(OCC(=O)Nc2cccc(C(=O)OCCOCC)c2)cc1. The number of amides is 1. The molecule has 0 fully saturated rings. The second-order valence-electron chi connectivity index (χ2n) is 6.14. The number of carbonyl (C=O) groups excluding carboxylic acids is 2. The molecular formula is C22H27NO5. The van der Waals surface area contributed by atoms with E-state index in [0.29, 0.717) is 30.2 Å². The zero-order valence-corrected chi connectivity index (χ0v) is 16.4. The summed E-state index contributed by atoms with van der Waals surface area (Å²) in [6.07, 6.45) is 2.10. The van der Waals surface area contributed by atoms with Crippen LogP contribution in [0.2, 0.25) is 0 Å². The number of hydrogen-bond acceptors (Lipinski definition) is 5. The van der Waals surface area contributed by atoms with Crippen LogP contribution in [0.4, 0.5) is 5.69 Å². The van der Waals surface area contributed by atoms with Gasteiger partial charge in [0.05, 0.1) is 12.2 Å². The standard InChI is InChI=1S/C22H27NO5/c1-3-6-17-9-11-20(12-10-17)28-16-21(24)23-19-8-5-7-18(15-19)22(25)27-14-13-26-4-2/h5,7-12,15H,3-4,6,13-14,16H2,1-2H3,(H,23,24). The van der Waals surface area contributed by atoms with E-state index in [-0.39, 0.29) is 19.1 Å². The van der Waals surface area contributed by atoms with Crippen LogP contribution in [0.1, 0.15) is 36.2 Å². The first kappa shape index (κ1) is 21.4. The van der Waals surface area contributed by atoms with Gasteiger partial charge in [-0.2, -0.15) is 0 Å². The maximum atomic E-state index is 12.1. The number of esters is 1. The van der Waals surface area contributed by atoms with Crippen LogP contribution < -0.4 is 10.1 Å². The van der Waals surface area contributed by atoms with E-state index in [0.717, 1.165) is 12.8 Å². The van der Waals surface area contributed by atoms with Gasteiger partial charge >= 0.3 is 5.97 Å². The summed E-state index contributed by atoms with van der Waals surface area (Å²) < 4.78 is 15.8. The molecule has 0 heterocycles. The highest BCUT2D eigenvalue weighted by Crippen LogP contribution is 2.14. The van der Waals surface area contributed by atoms with E-state index < -0.39 is 5.97 Å². The molecule has 0 atom stereocenters. The molecule has 0 unspecified atom stereocenters. The van der Waals surface area contributed by atoms with Crippen LogP contribution in [0.25, 0.3) is 0 Å². The van der Waals surface area contributed by atoms with Crippen LogP contribution >= 0.6 is 0 Å². The van der Waals surface area contributed by atoms with E-state index in [1.807, 2.05) is 31.2 Å². The van der Waals surface area contributed by atoms with E-state index in [9.17, 15) is 9.59 Å². The van der Waals surface area contributed by atoms with Crippen molar-refractivity contribution < 1.29 is 23.8 Å². The summed E-state index contributed by atoms with van der Waals surface area (Å²) in [6, 6.07) is 14.3. The summed E-state index contributed by atoms with van der Waals surface area (Å²) in [6.45, 7) is 5.01. The van der Waals surface area contributed by atoms with Gasteiger partial charge in [0.1, 0.15) is 12.4 Å². The lowest BCUT2D eigenvalue weighted by atomic mass is 10.1. The fourth-order valence-corrected chi connectivity index (χ4v) is 2.53. The van der Waals surface area contributed by atoms with Gasteiger partial charge in [-0.15, -0.1) is 0 Å². The molecule has 0 aliphatic rings. The molecule has 0 saturated carbocycles. The van der Waals surface area contributed by atoms with Crippen molar-refractivity contribution in [2.75, 3.05) is 31.7 Å². The Morgan fingerprint density at radius 1 is 1.00 bits per heavy atom. The Morgan fingerprint density at radius 3 is 2.50 bits per heavy atom. The predicted octanol–water partition coefficient (Wildman–Crippen LogP) is 3.85. The first-order valence-electron chi connectivity index (χ1n) is 9.49. The zero-order chi connectivity index (χ0) is 20.2. The van der Waals surface area contributed by atoms with Gasteiger partial charge in [-0.05, 0) is 49.2 Å². The molecular weight excluding hydrogens is 358 g/mol. The Labute approximate surface area is 165 Å². The second-order valence-corrected chi connectivity index (χ2v) is 6.14. The van der Waals surface area contributed by atoms with E-state index in [2.05, 4.69) is 12.2 Å². The predicted molar refractivity (Wildman–Crippen MR) is 108 cm³/mol. The first-order chi connectivity index (χ1) is 13.6. The van der Waals surface area contributed by atoms with Gasteiger partial charge in [0.2, 0.25) is 0 Å². The van der Waals surface area contributed by atoms with Gasteiger partial charge < -0.3 is 19.5 Å². The fraction of sp³-hybridized carbons (Fsp3) is 0.364. The number of hydrogen-bond donors (Lipinski definition) is 1. The van der Waals surface area contributed by atoms with Crippen molar-refractivity contribution >= 4 is 17.6 Å². The summed E-state index contributed by atoms with van der Waals surface area (Å²) in [5.74, 6) is -0.125. The van der Waals surface area contributed by atoms with Gasteiger partial charge in [0.25, 0.3) is 5.91 Å². The molecule has 0 radical (unpaired) electrons.